The summed E-state index contributed by atoms with van der Waals surface area (Å²) in [7, 11) is -3.62. The molecule has 0 radical (unpaired) electrons. The zero-order valence-electron chi connectivity index (χ0n) is 15.7. The number of carbonyl (C=O) groups is 1. The molecule has 0 aliphatic heterocycles. The van der Waals surface area contributed by atoms with Crippen LogP contribution in [0.15, 0.2) is 77.5 Å². The average molecular weight is 474 g/mol. The van der Waals surface area contributed by atoms with Gasteiger partial charge in [0.05, 0.1) is 11.9 Å². The SMILES string of the molecule is CS(=O)(=O)N(CC(=O)Nc1ccc(Cc2ccncc2)cc1)c1cccc(Br)c1. The maximum atomic E-state index is 12.5. The van der Waals surface area contributed by atoms with Crippen molar-refractivity contribution in [3.8, 4) is 0 Å². The summed E-state index contributed by atoms with van der Waals surface area (Å²) >= 11 is 3.32. The Hall–Kier alpha value is -2.71. The first-order chi connectivity index (χ1) is 13.8. The Morgan fingerprint density at radius 2 is 1.69 bits per heavy atom. The van der Waals surface area contributed by atoms with Gasteiger partial charge in [0.15, 0.2) is 0 Å². The second-order valence-corrected chi connectivity index (χ2v) is 9.35. The van der Waals surface area contributed by atoms with E-state index in [1.165, 1.54) is 0 Å². The molecule has 3 aromatic rings. The van der Waals surface area contributed by atoms with Gasteiger partial charge in [-0.15, -0.1) is 0 Å². The number of carbonyl (C=O) groups excluding carboxylic acids is 1. The molecule has 150 valence electrons. The highest BCUT2D eigenvalue weighted by molar-refractivity contribution is 9.10. The molecule has 0 spiro atoms. The standard InChI is InChI=1S/C21H20BrN3O3S/c1-29(27,28)25(20-4-2-3-18(22)14-20)15-21(26)24-19-7-5-16(6-8-19)13-17-9-11-23-12-10-17/h2-12,14H,13,15H2,1H3,(H,24,26). The predicted molar refractivity (Wildman–Crippen MR) is 118 cm³/mol. The summed E-state index contributed by atoms with van der Waals surface area (Å²) in [6.45, 7) is -0.311. The molecular formula is C21H20BrN3O3S. The Balaban J connectivity index is 1.67. The van der Waals surface area contributed by atoms with Crippen molar-refractivity contribution in [3.05, 3.63) is 88.7 Å². The van der Waals surface area contributed by atoms with E-state index in [0.717, 1.165) is 32.6 Å². The maximum absolute atomic E-state index is 12.5. The number of benzene rings is 2. The van der Waals surface area contributed by atoms with Crippen LogP contribution in [0.1, 0.15) is 11.1 Å². The van der Waals surface area contributed by atoms with Crippen molar-refractivity contribution >= 4 is 43.2 Å². The van der Waals surface area contributed by atoms with Gasteiger partial charge in [-0.25, -0.2) is 8.42 Å². The van der Waals surface area contributed by atoms with Crippen molar-refractivity contribution in [2.24, 2.45) is 0 Å². The molecule has 0 fully saturated rings. The predicted octanol–water partition coefficient (Wildman–Crippen LogP) is 3.84. The molecule has 0 bridgehead atoms. The van der Waals surface area contributed by atoms with Crippen LogP contribution in [-0.2, 0) is 21.2 Å². The lowest BCUT2D eigenvalue weighted by Crippen LogP contribution is -2.37. The zero-order chi connectivity index (χ0) is 20.9. The number of sulfonamides is 1. The van der Waals surface area contributed by atoms with E-state index in [2.05, 4.69) is 26.2 Å². The Morgan fingerprint density at radius 1 is 1.03 bits per heavy atom. The summed E-state index contributed by atoms with van der Waals surface area (Å²) in [4.78, 5) is 16.5. The third kappa shape index (κ3) is 6.13. The molecule has 0 aliphatic carbocycles. The highest BCUT2D eigenvalue weighted by Crippen LogP contribution is 2.22. The molecule has 1 N–H and O–H groups in total. The van der Waals surface area contributed by atoms with Gasteiger partial charge in [0.25, 0.3) is 0 Å². The van der Waals surface area contributed by atoms with Gasteiger partial charge in [0.1, 0.15) is 6.54 Å². The average Bonchev–Trinajstić information content (AvgIpc) is 2.68. The van der Waals surface area contributed by atoms with Gasteiger partial charge in [-0.1, -0.05) is 34.1 Å². The number of anilines is 2. The number of nitrogens with zero attached hydrogens (tertiary/aromatic N) is 2. The second-order valence-electron chi connectivity index (χ2n) is 6.53. The largest absolute Gasteiger partial charge is 0.325 e. The van der Waals surface area contributed by atoms with Gasteiger partial charge in [-0.3, -0.25) is 14.1 Å². The number of halogens is 1. The van der Waals surface area contributed by atoms with E-state index < -0.39 is 15.9 Å². The van der Waals surface area contributed by atoms with Crippen molar-refractivity contribution in [3.63, 3.8) is 0 Å². The van der Waals surface area contributed by atoms with Crippen LogP contribution in [0.3, 0.4) is 0 Å². The molecule has 1 amide bonds. The van der Waals surface area contributed by atoms with E-state index in [9.17, 15) is 13.2 Å². The van der Waals surface area contributed by atoms with Crippen LogP contribution in [0.25, 0.3) is 0 Å². The normalized spacial score (nSPS) is 11.1. The zero-order valence-corrected chi connectivity index (χ0v) is 18.2. The highest BCUT2D eigenvalue weighted by Gasteiger charge is 2.21. The molecular weight excluding hydrogens is 454 g/mol. The fraction of sp³-hybridized carbons (Fsp3) is 0.143. The lowest BCUT2D eigenvalue weighted by molar-refractivity contribution is -0.114. The van der Waals surface area contributed by atoms with Gasteiger partial charge in [-0.05, 0) is 60.0 Å². The number of hydrogen-bond donors (Lipinski definition) is 1. The first-order valence-corrected chi connectivity index (χ1v) is 11.5. The molecule has 3 rings (SSSR count). The van der Waals surface area contributed by atoms with Gasteiger partial charge in [-0.2, -0.15) is 0 Å². The number of aromatic nitrogens is 1. The summed E-state index contributed by atoms with van der Waals surface area (Å²) < 4.78 is 26.2. The highest BCUT2D eigenvalue weighted by atomic mass is 79.9. The first kappa shape index (κ1) is 21.0. The number of nitrogens with one attached hydrogen (secondary N) is 1. The van der Waals surface area contributed by atoms with Gasteiger partial charge in [0.2, 0.25) is 15.9 Å². The maximum Gasteiger partial charge on any atom is 0.245 e. The summed E-state index contributed by atoms with van der Waals surface area (Å²) in [5, 5.41) is 2.75. The van der Waals surface area contributed by atoms with E-state index in [-0.39, 0.29) is 6.54 Å². The van der Waals surface area contributed by atoms with E-state index in [4.69, 9.17) is 0 Å². The fourth-order valence-corrected chi connectivity index (χ4v) is 4.04. The minimum Gasteiger partial charge on any atom is -0.325 e. The molecule has 0 saturated carbocycles. The van der Waals surface area contributed by atoms with Crippen LogP contribution < -0.4 is 9.62 Å². The third-order valence-corrected chi connectivity index (χ3v) is 5.81. The molecule has 2 aromatic carbocycles. The number of hydrogen-bond acceptors (Lipinski definition) is 4. The van der Waals surface area contributed by atoms with Crippen LogP contribution in [0, 0.1) is 0 Å². The molecule has 6 nitrogen and oxygen atoms in total. The second kappa shape index (κ2) is 9.19. The van der Waals surface area contributed by atoms with Crippen LogP contribution in [0.2, 0.25) is 0 Å². The molecule has 29 heavy (non-hydrogen) atoms. The molecule has 0 saturated heterocycles. The quantitative estimate of drug-likeness (QED) is 0.565. The summed E-state index contributed by atoms with van der Waals surface area (Å²) in [6.07, 6.45) is 5.35. The van der Waals surface area contributed by atoms with E-state index >= 15 is 0 Å². The Kier molecular flexibility index (Phi) is 6.66. The van der Waals surface area contributed by atoms with Gasteiger partial charge < -0.3 is 5.32 Å². The molecule has 0 unspecified atom stereocenters. The van der Waals surface area contributed by atoms with Gasteiger partial charge >= 0.3 is 0 Å². The Morgan fingerprint density at radius 3 is 2.31 bits per heavy atom. The Labute approximate surface area is 178 Å². The first-order valence-electron chi connectivity index (χ1n) is 8.82. The monoisotopic (exact) mass is 473 g/mol. The van der Waals surface area contributed by atoms with Crippen LogP contribution in [-0.4, -0.2) is 32.1 Å². The molecule has 1 heterocycles. The lowest BCUT2D eigenvalue weighted by Gasteiger charge is -2.22. The topological polar surface area (TPSA) is 79.4 Å². The van der Waals surface area contributed by atoms with Crippen molar-refractivity contribution in [2.45, 2.75) is 6.42 Å². The van der Waals surface area contributed by atoms with Crippen molar-refractivity contribution in [1.29, 1.82) is 0 Å². The number of pyridine rings is 1. The number of amides is 1. The Bertz CT molecular complexity index is 1090. The molecule has 0 aliphatic rings. The lowest BCUT2D eigenvalue weighted by atomic mass is 10.1. The summed E-state index contributed by atoms with van der Waals surface area (Å²) in [5.41, 5.74) is 3.27. The minimum absolute atomic E-state index is 0.311. The summed E-state index contributed by atoms with van der Waals surface area (Å²) in [6, 6.07) is 18.2. The van der Waals surface area contributed by atoms with Crippen LogP contribution in [0.5, 0.6) is 0 Å². The van der Waals surface area contributed by atoms with E-state index in [1.54, 1.807) is 48.8 Å². The molecule has 0 atom stereocenters. The van der Waals surface area contributed by atoms with Crippen molar-refractivity contribution in [1.82, 2.24) is 4.98 Å². The minimum atomic E-state index is -3.62. The smallest absolute Gasteiger partial charge is 0.245 e. The third-order valence-electron chi connectivity index (χ3n) is 4.18. The van der Waals surface area contributed by atoms with Gasteiger partial charge in [0, 0.05) is 22.6 Å². The van der Waals surface area contributed by atoms with E-state index in [1.807, 2.05) is 24.3 Å². The number of rotatable bonds is 7. The fourth-order valence-electron chi connectivity index (χ4n) is 2.80. The molecule has 8 heteroatoms. The van der Waals surface area contributed by atoms with E-state index in [0.29, 0.717) is 11.4 Å². The van der Waals surface area contributed by atoms with Crippen LogP contribution >= 0.6 is 15.9 Å². The summed E-state index contributed by atoms with van der Waals surface area (Å²) in [5.74, 6) is -0.419. The van der Waals surface area contributed by atoms with Crippen LogP contribution in [0.4, 0.5) is 11.4 Å². The molecule has 1 aromatic heterocycles. The van der Waals surface area contributed by atoms with Crippen molar-refractivity contribution in [2.75, 3.05) is 22.4 Å². The van der Waals surface area contributed by atoms with Crippen molar-refractivity contribution < 1.29 is 13.2 Å².